The van der Waals surface area contributed by atoms with E-state index in [1.54, 1.807) is 6.92 Å². The van der Waals surface area contributed by atoms with Crippen molar-refractivity contribution in [2.45, 2.75) is 19.4 Å². The van der Waals surface area contributed by atoms with E-state index < -0.39 is 12.0 Å². The van der Waals surface area contributed by atoms with E-state index in [0.717, 1.165) is 4.90 Å². The molecule has 6 nitrogen and oxygen atoms in total. The average molecular weight is 200 g/mol. The Bertz CT molecular complexity index is 289. The van der Waals surface area contributed by atoms with Crippen LogP contribution in [0.25, 0.3) is 0 Å². The fourth-order valence-electron chi connectivity index (χ4n) is 1.31. The van der Waals surface area contributed by atoms with Crippen LogP contribution >= 0.6 is 0 Å². The Kier molecular flexibility index (Phi) is 2.85. The van der Waals surface area contributed by atoms with Gasteiger partial charge in [0.25, 0.3) is 0 Å². The molecule has 0 radical (unpaired) electrons. The first-order valence-corrected chi connectivity index (χ1v) is 4.26. The lowest BCUT2D eigenvalue weighted by Gasteiger charge is -2.16. The average Bonchev–Trinajstić information content (AvgIpc) is 2.32. The van der Waals surface area contributed by atoms with Crippen LogP contribution in [0, 0.1) is 5.92 Å². The van der Waals surface area contributed by atoms with Gasteiger partial charge in [-0.2, -0.15) is 0 Å². The summed E-state index contributed by atoms with van der Waals surface area (Å²) in [6.45, 7) is 1.39. The second-order valence-corrected chi connectivity index (χ2v) is 3.39. The maximum Gasteiger partial charge on any atom is 0.322 e. The van der Waals surface area contributed by atoms with E-state index in [-0.39, 0.29) is 30.7 Å². The van der Waals surface area contributed by atoms with Crippen LogP contribution in [0.3, 0.4) is 0 Å². The van der Waals surface area contributed by atoms with Crippen molar-refractivity contribution in [3.8, 4) is 0 Å². The molecule has 1 fully saturated rings. The molecule has 2 atom stereocenters. The lowest BCUT2D eigenvalue weighted by molar-refractivity contribution is -0.142. The van der Waals surface area contributed by atoms with Gasteiger partial charge in [-0.05, 0) is 0 Å². The summed E-state index contributed by atoms with van der Waals surface area (Å²) in [5.74, 6) is -2.26. The lowest BCUT2D eigenvalue weighted by atomic mass is 10.1. The zero-order valence-electron chi connectivity index (χ0n) is 7.77. The molecule has 0 aromatic heterocycles. The number of aliphatic carboxylic acids is 1. The van der Waals surface area contributed by atoms with Crippen LogP contribution in [-0.2, 0) is 14.4 Å². The zero-order chi connectivity index (χ0) is 10.9. The number of rotatable bonds is 3. The van der Waals surface area contributed by atoms with Crippen LogP contribution in [0.15, 0.2) is 0 Å². The molecule has 2 unspecified atom stereocenters. The highest BCUT2D eigenvalue weighted by Crippen LogP contribution is 2.18. The van der Waals surface area contributed by atoms with Crippen LogP contribution in [-0.4, -0.2) is 40.4 Å². The lowest BCUT2D eigenvalue weighted by Crippen LogP contribution is -2.45. The first-order valence-electron chi connectivity index (χ1n) is 4.26. The van der Waals surface area contributed by atoms with Gasteiger partial charge >= 0.3 is 5.97 Å². The largest absolute Gasteiger partial charge is 0.480 e. The molecule has 2 amide bonds. The predicted octanol–water partition coefficient (Wildman–Crippen LogP) is -1.21. The van der Waals surface area contributed by atoms with Gasteiger partial charge in [0, 0.05) is 12.3 Å². The molecule has 1 rings (SSSR count). The molecule has 1 saturated heterocycles. The fraction of sp³-hybridized carbons (Fsp3) is 0.625. The Morgan fingerprint density at radius 1 is 1.71 bits per heavy atom. The number of carboxylic acid groups (broad SMARTS) is 1. The quantitative estimate of drug-likeness (QED) is 0.557. The Labute approximate surface area is 80.7 Å². The Hall–Kier alpha value is -1.43. The third kappa shape index (κ3) is 1.90. The van der Waals surface area contributed by atoms with Gasteiger partial charge < -0.3 is 10.8 Å². The SMILES string of the molecule is CC1CC(=O)N(CC(N)C(=O)O)C1=O. The number of nitrogens with zero attached hydrogens (tertiary/aromatic N) is 1. The predicted molar refractivity (Wildman–Crippen MR) is 46.1 cm³/mol. The molecule has 78 valence electrons. The molecule has 0 spiro atoms. The van der Waals surface area contributed by atoms with Crippen LogP contribution in [0.4, 0.5) is 0 Å². The molecule has 0 bridgehead atoms. The number of carbonyl (C=O) groups excluding carboxylic acids is 2. The second kappa shape index (κ2) is 3.75. The van der Waals surface area contributed by atoms with E-state index in [9.17, 15) is 14.4 Å². The molecular weight excluding hydrogens is 188 g/mol. The fourth-order valence-corrected chi connectivity index (χ4v) is 1.31. The summed E-state index contributed by atoms with van der Waals surface area (Å²) in [4.78, 5) is 33.9. The molecule has 0 aromatic rings. The molecule has 6 heteroatoms. The van der Waals surface area contributed by atoms with Crippen molar-refractivity contribution in [2.75, 3.05) is 6.54 Å². The second-order valence-electron chi connectivity index (χ2n) is 3.39. The number of nitrogens with two attached hydrogens (primary N) is 1. The van der Waals surface area contributed by atoms with Crippen LogP contribution < -0.4 is 5.73 Å². The monoisotopic (exact) mass is 200 g/mol. The summed E-state index contributed by atoms with van der Waals surface area (Å²) < 4.78 is 0. The standard InChI is InChI=1S/C8H12N2O4/c1-4-2-6(11)10(7(4)12)3-5(9)8(13)14/h4-5H,2-3,9H2,1H3,(H,13,14). The van der Waals surface area contributed by atoms with E-state index in [1.165, 1.54) is 0 Å². The number of hydrogen-bond donors (Lipinski definition) is 2. The molecule has 3 N–H and O–H groups in total. The van der Waals surface area contributed by atoms with E-state index in [4.69, 9.17) is 10.8 Å². The number of carboxylic acids is 1. The van der Waals surface area contributed by atoms with Crippen molar-refractivity contribution in [3.05, 3.63) is 0 Å². The van der Waals surface area contributed by atoms with E-state index in [2.05, 4.69) is 0 Å². The highest BCUT2D eigenvalue weighted by molar-refractivity contribution is 6.03. The van der Waals surface area contributed by atoms with Crippen LogP contribution in [0.2, 0.25) is 0 Å². The molecule has 1 aliphatic heterocycles. The van der Waals surface area contributed by atoms with Gasteiger partial charge in [0.1, 0.15) is 6.04 Å². The van der Waals surface area contributed by atoms with Crippen molar-refractivity contribution in [1.29, 1.82) is 0 Å². The smallest absolute Gasteiger partial charge is 0.322 e. The summed E-state index contributed by atoms with van der Waals surface area (Å²) in [6.07, 6.45) is 0.144. The molecular formula is C8H12N2O4. The highest BCUT2D eigenvalue weighted by Gasteiger charge is 2.37. The van der Waals surface area contributed by atoms with Crippen molar-refractivity contribution in [1.82, 2.24) is 4.90 Å². The molecule has 0 saturated carbocycles. The number of amides is 2. The number of likely N-dealkylation sites (tertiary alicyclic amines) is 1. The normalized spacial score (nSPS) is 24.1. The van der Waals surface area contributed by atoms with Crippen molar-refractivity contribution in [2.24, 2.45) is 11.7 Å². The van der Waals surface area contributed by atoms with Crippen LogP contribution in [0.1, 0.15) is 13.3 Å². The van der Waals surface area contributed by atoms with Gasteiger partial charge in [-0.3, -0.25) is 19.3 Å². The van der Waals surface area contributed by atoms with Gasteiger partial charge in [-0.1, -0.05) is 6.92 Å². The Morgan fingerprint density at radius 3 is 2.64 bits per heavy atom. The maximum absolute atomic E-state index is 11.3. The number of carbonyl (C=O) groups is 3. The van der Waals surface area contributed by atoms with Gasteiger partial charge in [0.2, 0.25) is 11.8 Å². The Morgan fingerprint density at radius 2 is 2.29 bits per heavy atom. The highest BCUT2D eigenvalue weighted by atomic mass is 16.4. The molecule has 0 aliphatic carbocycles. The van der Waals surface area contributed by atoms with Crippen molar-refractivity contribution < 1.29 is 19.5 Å². The van der Waals surface area contributed by atoms with Crippen LogP contribution in [0.5, 0.6) is 0 Å². The minimum Gasteiger partial charge on any atom is -0.480 e. The van der Waals surface area contributed by atoms with E-state index in [1.807, 2.05) is 0 Å². The summed E-state index contributed by atoms with van der Waals surface area (Å²) >= 11 is 0. The number of hydrogen-bond acceptors (Lipinski definition) is 4. The first-order chi connectivity index (χ1) is 6.43. The summed E-state index contributed by atoms with van der Waals surface area (Å²) in [5, 5.41) is 8.51. The molecule has 1 aliphatic rings. The third-order valence-corrected chi connectivity index (χ3v) is 2.17. The van der Waals surface area contributed by atoms with Gasteiger partial charge in [-0.25, -0.2) is 0 Å². The number of imide groups is 1. The first kappa shape index (κ1) is 10.6. The van der Waals surface area contributed by atoms with Crippen molar-refractivity contribution in [3.63, 3.8) is 0 Å². The summed E-state index contributed by atoms with van der Waals surface area (Å²) in [6, 6.07) is -1.20. The zero-order valence-corrected chi connectivity index (χ0v) is 7.77. The van der Waals surface area contributed by atoms with Gasteiger partial charge in [-0.15, -0.1) is 0 Å². The van der Waals surface area contributed by atoms with Gasteiger partial charge in [0.15, 0.2) is 0 Å². The molecule has 1 heterocycles. The van der Waals surface area contributed by atoms with Crippen molar-refractivity contribution >= 4 is 17.8 Å². The van der Waals surface area contributed by atoms with E-state index in [0.29, 0.717) is 0 Å². The topological polar surface area (TPSA) is 101 Å². The third-order valence-electron chi connectivity index (χ3n) is 2.17. The summed E-state index contributed by atoms with van der Waals surface area (Å²) in [5.41, 5.74) is 5.22. The molecule has 14 heavy (non-hydrogen) atoms. The van der Waals surface area contributed by atoms with Gasteiger partial charge in [0.05, 0.1) is 6.54 Å². The van der Waals surface area contributed by atoms with E-state index >= 15 is 0 Å². The minimum absolute atomic E-state index is 0.144. The minimum atomic E-state index is -1.22. The summed E-state index contributed by atoms with van der Waals surface area (Å²) in [7, 11) is 0. The molecule has 0 aromatic carbocycles. The Balaban J connectivity index is 2.65. The maximum atomic E-state index is 11.3.